The van der Waals surface area contributed by atoms with Gasteiger partial charge in [-0.2, -0.15) is 0 Å². The van der Waals surface area contributed by atoms with Gasteiger partial charge in [-0.3, -0.25) is 4.79 Å². The fourth-order valence-electron chi connectivity index (χ4n) is 1.49. The topological polar surface area (TPSA) is 47.8 Å². The molecule has 1 aromatic heterocycles. The number of carbonyl (C=O) groups is 1. The minimum atomic E-state index is 0.477. The van der Waals surface area contributed by atoms with Crippen molar-refractivity contribution in [2.75, 3.05) is 0 Å². The van der Waals surface area contributed by atoms with Crippen molar-refractivity contribution in [3.8, 4) is 5.69 Å². The average molecular weight is 236 g/mol. The normalized spacial score (nSPS) is 10.4. The molecule has 0 bridgehead atoms. The summed E-state index contributed by atoms with van der Waals surface area (Å²) in [5, 5.41) is 8.50. The molecule has 0 unspecified atom stereocenters. The summed E-state index contributed by atoms with van der Waals surface area (Å²) in [5.74, 6) is 0. The van der Waals surface area contributed by atoms with E-state index in [-0.39, 0.29) is 0 Å². The van der Waals surface area contributed by atoms with Crippen LogP contribution >= 0.6 is 11.6 Å². The summed E-state index contributed by atoms with van der Waals surface area (Å²) in [4.78, 5) is 11.0. The highest BCUT2D eigenvalue weighted by Crippen LogP contribution is 2.16. The van der Waals surface area contributed by atoms with Crippen LogP contribution in [-0.2, 0) is 6.42 Å². The molecule has 0 radical (unpaired) electrons. The minimum Gasteiger partial charge on any atom is -0.296 e. The number of halogens is 1. The average Bonchev–Trinajstić information content (AvgIpc) is 2.71. The number of benzene rings is 1. The van der Waals surface area contributed by atoms with Crippen molar-refractivity contribution in [3.63, 3.8) is 0 Å². The zero-order chi connectivity index (χ0) is 11.5. The molecule has 4 nitrogen and oxygen atoms in total. The van der Waals surface area contributed by atoms with Gasteiger partial charge >= 0.3 is 0 Å². The van der Waals surface area contributed by atoms with Crippen molar-refractivity contribution in [2.45, 2.75) is 13.3 Å². The predicted octanol–water partition coefficient (Wildman–Crippen LogP) is 2.30. The molecule has 0 saturated carbocycles. The van der Waals surface area contributed by atoms with Crippen molar-refractivity contribution < 1.29 is 4.79 Å². The lowest BCUT2D eigenvalue weighted by Crippen LogP contribution is -2.02. The predicted molar refractivity (Wildman–Crippen MR) is 61.1 cm³/mol. The van der Waals surface area contributed by atoms with Crippen LogP contribution in [0.15, 0.2) is 24.3 Å². The maximum atomic E-state index is 11.0. The summed E-state index contributed by atoms with van der Waals surface area (Å²) in [6.07, 6.45) is 1.44. The standard InChI is InChI=1S/C11H10ClN3O/c1-2-10-11(7-16)15(14-13-10)9-5-3-4-8(12)6-9/h3-7H,2H2,1H3. The lowest BCUT2D eigenvalue weighted by atomic mass is 10.2. The molecule has 2 rings (SSSR count). The van der Waals surface area contributed by atoms with Crippen molar-refractivity contribution in [3.05, 3.63) is 40.7 Å². The maximum absolute atomic E-state index is 11.0. The van der Waals surface area contributed by atoms with Crippen LogP contribution in [0.3, 0.4) is 0 Å². The molecule has 0 amide bonds. The van der Waals surface area contributed by atoms with Gasteiger partial charge in [0.25, 0.3) is 0 Å². The van der Waals surface area contributed by atoms with E-state index in [1.165, 1.54) is 4.68 Å². The summed E-state index contributed by atoms with van der Waals surface area (Å²) < 4.78 is 1.50. The Morgan fingerprint density at radius 2 is 2.31 bits per heavy atom. The number of aromatic nitrogens is 3. The first-order valence-electron chi connectivity index (χ1n) is 4.92. The smallest absolute Gasteiger partial charge is 0.170 e. The molecule has 82 valence electrons. The number of hydrogen-bond donors (Lipinski definition) is 0. The van der Waals surface area contributed by atoms with Gasteiger partial charge in [0.2, 0.25) is 0 Å². The molecule has 0 N–H and O–H groups in total. The molecule has 5 heteroatoms. The van der Waals surface area contributed by atoms with Gasteiger partial charge in [0.15, 0.2) is 6.29 Å². The van der Waals surface area contributed by atoms with Crippen molar-refractivity contribution >= 4 is 17.9 Å². The summed E-state index contributed by atoms with van der Waals surface area (Å²) >= 11 is 5.88. The second kappa shape index (κ2) is 4.45. The fourth-order valence-corrected chi connectivity index (χ4v) is 1.67. The van der Waals surface area contributed by atoms with Gasteiger partial charge in [-0.25, -0.2) is 4.68 Å². The molecule has 0 atom stereocenters. The van der Waals surface area contributed by atoms with Crippen LogP contribution in [0, 0.1) is 0 Å². The number of carbonyl (C=O) groups excluding carboxylic acids is 1. The largest absolute Gasteiger partial charge is 0.296 e. The van der Waals surface area contributed by atoms with Crippen LogP contribution in [0.1, 0.15) is 23.1 Å². The molecular weight excluding hydrogens is 226 g/mol. The van der Waals surface area contributed by atoms with Gasteiger partial charge in [0, 0.05) is 5.02 Å². The Balaban J connectivity index is 2.55. The van der Waals surface area contributed by atoms with E-state index in [0.29, 0.717) is 22.8 Å². The minimum absolute atomic E-state index is 0.477. The van der Waals surface area contributed by atoms with E-state index in [0.717, 1.165) is 12.0 Å². The van der Waals surface area contributed by atoms with Crippen LogP contribution in [0.25, 0.3) is 5.69 Å². The van der Waals surface area contributed by atoms with Crippen molar-refractivity contribution in [2.24, 2.45) is 0 Å². The third kappa shape index (κ3) is 1.84. The number of aldehydes is 1. The SMILES string of the molecule is CCc1nnn(-c2cccc(Cl)c2)c1C=O. The molecule has 1 aromatic carbocycles. The molecule has 16 heavy (non-hydrogen) atoms. The van der Waals surface area contributed by atoms with Crippen LogP contribution < -0.4 is 0 Å². The lowest BCUT2D eigenvalue weighted by molar-refractivity contribution is 0.111. The summed E-state index contributed by atoms with van der Waals surface area (Å²) in [6.45, 7) is 1.93. The summed E-state index contributed by atoms with van der Waals surface area (Å²) in [5.41, 5.74) is 1.90. The molecule has 2 aromatic rings. The van der Waals surface area contributed by atoms with E-state index < -0.39 is 0 Å². The van der Waals surface area contributed by atoms with Crippen molar-refractivity contribution in [1.82, 2.24) is 15.0 Å². The molecule has 0 aliphatic heterocycles. The van der Waals surface area contributed by atoms with Gasteiger partial charge in [-0.15, -0.1) is 5.10 Å². The first-order chi connectivity index (χ1) is 7.76. The number of hydrogen-bond acceptors (Lipinski definition) is 3. The second-order valence-electron chi connectivity index (χ2n) is 3.28. The highest BCUT2D eigenvalue weighted by Gasteiger charge is 2.11. The Morgan fingerprint density at radius 3 is 2.94 bits per heavy atom. The monoisotopic (exact) mass is 235 g/mol. The fraction of sp³-hybridized carbons (Fsp3) is 0.182. The van der Waals surface area contributed by atoms with Crippen LogP contribution in [0.5, 0.6) is 0 Å². The first kappa shape index (κ1) is 10.8. The molecule has 0 aliphatic carbocycles. The molecule has 0 saturated heterocycles. The van der Waals surface area contributed by atoms with Gasteiger partial charge in [-0.1, -0.05) is 29.8 Å². The Hall–Kier alpha value is -1.68. The van der Waals surface area contributed by atoms with Gasteiger partial charge in [0.05, 0.1) is 11.4 Å². The van der Waals surface area contributed by atoms with E-state index in [1.54, 1.807) is 18.2 Å². The van der Waals surface area contributed by atoms with Crippen LogP contribution in [0.2, 0.25) is 5.02 Å². The zero-order valence-corrected chi connectivity index (χ0v) is 9.48. The summed E-state index contributed by atoms with van der Waals surface area (Å²) in [7, 11) is 0. The summed E-state index contributed by atoms with van der Waals surface area (Å²) in [6, 6.07) is 7.14. The van der Waals surface area contributed by atoms with Crippen LogP contribution in [0.4, 0.5) is 0 Å². The zero-order valence-electron chi connectivity index (χ0n) is 8.72. The van der Waals surface area contributed by atoms with Crippen LogP contribution in [-0.4, -0.2) is 21.3 Å². The van der Waals surface area contributed by atoms with E-state index in [1.807, 2.05) is 13.0 Å². The molecule has 1 heterocycles. The molecule has 0 fully saturated rings. The van der Waals surface area contributed by atoms with E-state index >= 15 is 0 Å². The lowest BCUT2D eigenvalue weighted by Gasteiger charge is -2.02. The number of aryl methyl sites for hydroxylation is 1. The second-order valence-corrected chi connectivity index (χ2v) is 3.72. The Morgan fingerprint density at radius 1 is 1.50 bits per heavy atom. The van der Waals surface area contributed by atoms with E-state index in [9.17, 15) is 4.79 Å². The Bertz CT molecular complexity index is 522. The van der Waals surface area contributed by atoms with Gasteiger partial charge in [-0.05, 0) is 24.6 Å². The first-order valence-corrected chi connectivity index (χ1v) is 5.29. The Kier molecular flexibility index (Phi) is 3.01. The number of nitrogens with zero attached hydrogens (tertiary/aromatic N) is 3. The Labute approximate surface area is 97.8 Å². The van der Waals surface area contributed by atoms with Crippen molar-refractivity contribution in [1.29, 1.82) is 0 Å². The number of rotatable bonds is 3. The molecule has 0 aliphatic rings. The maximum Gasteiger partial charge on any atom is 0.170 e. The van der Waals surface area contributed by atoms with E-state index in [2.05, 4.69) is 10.3 Å². The third-order valence-electron chi connectivity index (χ3n) is 2.28. The van der Waals surface area contributed by atoms with Gasteiger partial charge < -0.3 is 0 Å². The van der Waals surface area contributed by atoms with Gasteiger partial charge in [0.1, 0.15) is 5.69 Å². The highest BCUT2D eigenvalue weighted by molar-refractivity contribution is 6.30. The quantitative estimate of drug-likeness (QED) is 0.767. The molecular formula is C11H10ClN3O. The third-order valence-corrected chi connectivity index (χ3v) is 2.51. The molecule has 0 spiro atoms. The van der Waals surface area contributed by atoms with E-state index in [4.69, 9.17) is 11.6 Å². The highest BCUT2D eigenvalue weighted by atomic mass is 35.5.